The molecule has 0 radical (unpaired) electrons. The van der Waals surface area contributed by atoms with Crippen LogP contribution < -0.4 is 15.1 Å². The predicted octanol–water partition coefficient (Wildman–Crippen LogP) is 6.52. The largest absolute Gasteiger partial charge is 0.456 e. The molecule has 0 fully saturated rings. The molecule has 5 aromatic rings. The van der Waals surface area contributed by atoms with Crippen LogP contribution in [0, 0.1) is 0 Å². The van der Waals surface area contributed by atoms with Crippen LogP contribution in [0.3, 0.4) is 0 Å². The van der Waals surface area contributed by atoms with Crippen LogP contribution in [0.5, 0.6) is 11.5 Å². The van der Waals surface area contributed by atoms with E-state index in [4.69, 9.17) is 9.15 Å². The topological polar surface area (TPSA) is 42.7 Å². The second-order valence-electron chi connectivity index (χ2n) is 6.98. The zero-order valence-corrected chi connectivity index (χ0v) is 15.3. The molecule has 0 N–H and O–H groups in total. The minimum absolute atomic E-state index is 0.0291. The number of hydrogen-bond acceptors (Lipinski definition) is 4. The lowest BCUT2D eigenvalue weighted by atomic mass is 10.1. The van der Waals surface area contributed by atoms with Crippen molar-refractivity contribution in [1.29, 1.82) is 0 Å². The summed E-state index contributed by atoms with van der Waals surface area (Å²) in [7, 11) is 0. The standard InChI is InChI=1S/C25H15NO3/c27-25-17-7-1-4-10-21(17)28-22-14-13-16(15-18(22)25)26-19-8-2-5-11-23(19)29-24-12-6-3-9-20(24)26/h1-15H. The van der Waals surface area contributed by atoms with Gasteiger partial charge in [-0.1, -0.05) is 36.4 Å². The van der Waals surface area contributed by atoms with Gasteiger partial charge in [-0.2, -0.15) is 0 Å². The van der Waals surface area contributed by atoms with E-state index in [0.717, 1.165) is 28.6 Å². The van der Waals surface area contributed by atoms with Crippen LogP contribution in [-0.2, 0) is 0 Å². The van der Waals surface area contributed by atoms with Crippen LogP contribution in [0.1, 0.15) is 0 Å². The van der Waals surface area contributed by atoms with Crippen molar-refractivity contribution in [3.05, 3.63) is 101 Å². The minimum atomic E-state index is -0.0291. The highest BCUT2D eigenvalue weighted by molar-refractivity contribution is 5.94. The molecule has 0 saturated carbocycles. The molecule has 1 aliphatic heterocycles. The van der Waals surface area contributed by atoms with Gasteiger partial charge in [-0.3, -0.25) is 4.79 Å². The summed E-state index contributed by atoms with van der Waals surface area (Å²) in [5.74, 6) is 1.55. The van der Waals surface area contributed by atoms with Crippen LogP contribution >= 0.6 is 0 Å². The monoisotopic (exact) mass is 377 g/mol. The van der Waals surface area contributed by atoms with Crippen LogP contribution in [0.2, 0.25) is 0 Å². The number of ether oxygens (including phenoxy) is 1. The van der Waals surface area contributed by atoms with E-state index in [1.807, 2.05) is 84.9 Å². The van der Waals surface area contributed by atoms with Gasteiger partial charge in [0.15, 0.2) is 11.5 Å². The van der Waals surface area contributed by atoms with E-state index >= 15 is 0 Å². The Bertz CT molecular complexity index is 1420. The maximum atomic E-state index is 13.1. The Morgan fingerprint density at radius 3 is 2.00 bits per heavy atom. The van der Waals surface area contributed by atoms with Crippen LogP contribution in [0.15, 0.2) is 100 Å². The second kappa shape index (κ2) is 5.97. The number of nitrogens with zero attached hydrogens (tertiary/aromatic N) is 1. The first-order chi connectivity index (χ1) is 14.3. The SMILES string of the molecule is O=c1c2ccccc2oc2ccc(N3c4ccccc4Oc4ccccc43)cc12. The van der Waals surface area contributed by atoms with Crippen molar-refractivity contribution in [3.63, 3.8) is 0 Å². The fraction of sp³-hybridized carbons (Fsp3) is 0. The molecule has 0 atom stereocenters. The first-order valence-corrected chi connectivity index (χ1v) is 9.41. The highest BCUT2D eigenvalue weighted by atomic mass is 16.5. The predicted molar refractivity (Wildman–Crippen MR) is 115 cm³/mol. The Labute approximate surface area is 166 Å². The van der Waals surface area contributed by atoms with Crippen LogP contribution in [0.25, 0.3) is 21.9 Å². The summed E-state index contributed by atoms with van der Waals surface area (Å²) in [5, 5.41) is 1.14. The maximum absolute atomic E-state index is 13.1. The molecule has 0 spiro atoms. The van der Waals surface area contributed by atoms with E-state index in [-0.39, 0.29) is 5.43 Å². The maximum Gasteiger partial charge on any atom is 0.200 e. The molecule has 1 aromatic heterocycles. The van der Waals surface area contributed by atoms with Gasteiger partial charge in [0, 0.05) is 5.69 Å². The number of fused-ring (bicyclic) bond motifs is 4. The average molecular weight is 377 g/mol. The highest BCUT2D eigenvalue weighted by Crippen LogP contribution is 2.50. The quantitative estimate of drug-likeness (QED) is 0.306. The zero-order chi connectivity index (χ0) is 19.4. The molecule has 0 bridgehead atoms. The first-order valence-electron chi connectivity index (χ1n) is 9.41. The lowest BCUT2D eigenvalue weighted by Gasteiger charge is -2.32. The fourth-order valence-electron chi connectivity index (χ4n) is 3.91. The Morgan fingerprint density at radius 1 is 0.621 bits per heavy atom. The van der Waals surface area contributed by atoms with E-state index in [1.165, 1.54) is 0 Å². The van der Waals surface area contributed by atoms with Gasteiger partial charge in [-0.15, -0.1) is 0 Å². The van der Waals surface area contributed by atoms with Gasteiger partial charge in [-0.05, 0) is 54.6 Å². The van der Waals surface area contributed by atoms with E-state index in [1.54, 1.807) is 6.07 Å². The third kappa shape index (κ3) is 2.36. The fourth-order valence-corrected chi connectivity index (χ4v) is 3.91. The summed E-state index contributed by atoms with van der Waals surface area (Å²) in [6, 6.07) is 28.8. The molecule has 138 valence electrons. The van der Waals surface area contributed by atoms with Gasteiger partial charge in [0.05, 0.1) is 22.1 Å². The van der Waals surface area contributed by atoms with Crippen LogP contribution in [-0.4, -0.2) is 0 Å². The van der Waals surface area contributed by atoms with E-state index < -0.39 is 0 Å². The summed E-state index contributed by atoms with van der Waals surface area (Å²) in [6.45, 7) is 0. The van der Waals surface area contributed by atoms with E-state index in [0.29, 0.717) is 21.9 Å². The molecular formula is C25H15NO3. The highest BCUT2D eigenvalue weighted by Gasteiger charge is 2.25. The lowest BCUT2D eigenvalue weighted by molar-refractivity contribution is 0.477. The van der Waals surface area contributed by atoms with Crippen molar-refractivity contribution < 1.29 is 9.15 Å². The lowest BCUT2D eigenvalue weighted by Crippen LogP contribution is -2.16. The van der Waals surface area contributed by atoms with Gasteiger partial charge in [0.1, 0.15) is 11.2 Å². The molecule has 4 nitrogen and oxygen atoms in total. The molecular weight excluding hydrogens is 362 g/mol. The molecule has 2 heterocycles. The third-order valence-electron chi connectivity index (χ3n) is 5.25. The number of hydrogen-bond donors (Lipinski definition) is 0. The normalized spacial score (nSPS) is 12.5. The molecule has 0 aliphatic carbocycles. The van der Waals surface area contributed by atoms with Crippen molar-refractivity contribution in [2.75, 3.05) is 4.90 Å². The van der Waals surface area contributed by atoms with Gasteiger partial charge in [0.25, 0.3) is 0 Å². The average Bonchev–Trinajstić information content (AvgIpc) is 2.77. The number of anilines is 3. The second-order valence-corrected chi connectivity index (χ2v) is 6.98. The molecule has 4 aromatic carbocycles. The van der Waals surface area contributed by atoms with Gasteiger partial charge in [0.2, 0.25) is 5.43 Å². The summed E-state index contributed by atoms with van der Waals surface area (Å²) in [5.41, 5.74) is 3.88. The summed E-state index contributed by atoms with van der Waals surface area (Å²) in [6.07, 6.45) is 0. The molecule has 0 unspecified atom stereocenters. The van der Waals surface area contributed by atoms with Crippen LogP contribution in [0.4, 0.5) is 17.1 Å². The molecule has 4 heteroatoms. The first kappa shape index (κ1) is 16.0. The van der Waals surface area contributed by atoms with Crippen molar-refractivity contribution in [2.45, 2.75) is 0 Å². The van der Waals surface area contributed by atoms with Crippen molar-refractivity contribution >= 4 is 39.0 Å². The summed E-state index contributed by atoms with van der Waals surface area (Å²) < 4.78 is 12.0. The Kier molecular flexibility index (Phi) is 3.29. The number of para-hydroxylation sites is 5. The third-order valence-corrected chi connectivity index (χ3v) is 5.25. The van der Waals surface area contributed by atoms with Gasteiger partial charge >= 0.3 is 0 Å². The molecule has 0 amide bonds. The summed E-state index contributed by atoms with van der Waals surface area (Å²) in [4.78, 5) is 15.2. The van der Waals surface area contributed by atoms with E-state index in [9.17, 15) is 4.79 Å². The van der Waals surface area contributed by atoms with Crippen molar-refractivity contribution in [3.8, 4) is 11.5 Å². The van der Waals surface area contributed by atoms with Gasteiger partial charge in [-0.25, -0.2) is 0 Å². The molecule has 29 heavy (non-hydrogen) atoms. The number of benzene rings is 4. The summed E-state index contributed by atoms with van der Waals surface area (Å²) >= 11 is 0. The van der Waals surface area contributed by atoms with Gasteiger partial charge < -0.3 is 14.1 Å². The zero-order valence-electron chi connectivity index (χ0n) is 15.3. The molecule has 1 aliphatic rings. The van der Waals surface area contributed by atoms with Crippen molar-refractivity contribution in [1.82, 2.24) is 0 Å². The number of rotatable bonds is 1. The Morgan fingerprint density at radius 2 is 1.24 bits per heavy atom. The smallest absolute Gasteiger partial charge is 0.200 e. The molecule has 0 saturated heterocycles. The minimum Gasteiger partial charge on any atom is -0.456 e. The van der Waals surface area contributed by atoms with E-state index in [2.05, 4.69) is 4.90 Å². The molecule has 6 rings (SSSR count). The Balaban J connectivity index is 1.64. The van der Waals surface area contributed by atoms with Crippen molar-refractivity contribution in [2.24, 2.45) is 0 Å². The Hall–Kier alpha value is -4.05.